The van der Waals surface area contributed by atoms with Crippen LogP contribution < -0.4 is 14.2 Å². The fourth-order valence-corrected chi connectivity index (χ4v) is 8.68. The van der Waals surface area contributed by atoms with Crippen molar-refractivity contribution in [3.8, 4) is 5.75 Å². The molecular weight excluding hydrogens is 909 g/mol. The van der Waals surface area contributed by atoms with Gasteiger partial charge in [0.15, 0.2) is 18.6 Å². The summed E-state index contributed by atoms with van der Waals surface area (Å²) in [6, 6.07) is 6.97. The van der Waals surface area contributed by atoms with Crippen LogP contribution in [0.1, 0.15) is 25.2 Å². The van der Waals surface area contributed by atoms with Gasteiger partial charge < -0.3 is 44.0 Å². The highest BCUT2D eigenvalue weighted by Crippen LogP contribution is 2.41. The lowest BCUT2D eigenvalue weighted by Crippen LogP contribution is -2.58. The van der Waals surface area contributed by atoms with Crippen molar-refractivity contribution in [2.24, 2.45) is 0 Å². The van der Waals surface area contributed by atoms with Crippen LogP contribution in [0, 0.1) is 0 Å². The molecule has 22 nitrogen and oxygen atoms in total. The first-order valence-corrected chi connectivity index (χ1v) is 24.4. The van der Waals surface area contributed by atoms with E-state index in [2.05, 4.69) is 0 Å². The number of nitrogens with zero attached hydrogens (tertiary/aromatic N) is 2. The molecule has 2 aliphatic heterocycles. The van der Waals surface area contributed by atoms with Gasteiger partial charge in [0.1, 0.15) is 36.8 Å². The highest BCUT2D eigenvalue weighted by molar-refractivity contribution is 7.86. The van der Waals surface area contributed by atoms with Crippen LogP contribution in [0.4, 0.5) is 5.69 Å². The zero-order valence-corrected chi connectivity index (χ0v) is 35.2. The largest absolute Gasteiger partial charge is 0.490 e. The van der Waals surface area contributed by atoms with Crippen molar-refractivity contribution in [3.05, 3.63) is 95.5 Å². The van der Waals surface area contributed by atoms with Crippen LogP contribution in [0.3, 0.4) is 0 Å². The number of anilines is 1. The van der Waals surface area contributed by atoms with Crippen LogP contribution >= 0.6 is 0 Å². The lowest BCUT2D eigenvalue weighted by molar-refractivity contribution is -0.677. The average molecular weight is 950 g/mol. The molecule has 1 aromatic heterocycles. The number of ether oxygens (including phenoxy) is 3. The van der Waals surface area contributed by atoms with E-state index in [1.807, 2.05) is 0 Å². The van der Waals surface area contributed by atoms with Gasteiger partial charge in [0.25, 0.3) is 46.0 Å². The number of allylic oxidation sites excluding steroid dienone is 6. The monoisotopic (exact) mass is 949 g/mol. The van der Waals surface area contributed by atoms with Gasteiger partial charge in [-0.25, -0.2) is 0 Å². The van der Waals surface area contributed by atoms with E-state index in [-0.39, 0.29) is 66.9 Å². The van der Waals surface area contributed by atoms with Gasteiger partial charge >= 0.3 is 5.89 Å². The molecule has 3 aliphatic rings. The minimum atomic E-state index is -4.65. The first kappa shape index (κ1) is 46.9. The average Bonchev–Trinajstić information content (AvgIpc) is 3.71. The second-order valence-electron chi connectivity index (χ2n) is 14.1. The predicted octanol–water partition coefficient (Wildman–Crippen LogP) is 0.480. The minimum Gasteiger partial charge on any atom is -0.490 e. The van der Waals surface area contributed by atoms with Gasteiger partial charge in [-0.2, -0.15) is 38.2 Å². The van der Waals surface area contributed by atoms with Crippen LogP contribution in [-0.2, 0) is 56.5 Å². The lowest BCUT2D eigenvalue weighted by atomic mass is 9.97. The maximum absolute atomic E-state index is 11.9. The summed E-state index contributed by atoms with van der Waals surface area (Å²) in [4.78, 5) is 0.509. The second kappa shape index (κ2) is 18.3. The molecule has 62 heavy (non-hydrogen) atoms. The standard InChI is InChI=1S/C36H40N2O20S4/c39-32-29(58-36(42)34(41)33(32)40)20-55-35-21(6-12-30-37(14-2-16-59(43,44)45)25-10-8-23(61(49,50)51)18-27(25)56-30)4-1-5-22(35)7-13-31-38(15-3-17-60(46,47)48)26-11-9-24(62(52,53)54)19-28(26)57-31/h1,4,6-13,18-19,29,32-34,36,39-42H,2-3,5,14-17,20H2,(H3-,43,44,45,46,47,48,49,50,51,52,53,54)/p+1. The summed E-state index contributed by atoms with van der Waals surface area (Å²) in [5, 5.41) is 41.1. The minimum absolute atomic E-state index is 0.0158. The summed E-state index contributed by atoms with van der Waals surface area (Å²) < 4.78 is 156. The smallest absolute Gasteiger partial charge is 0.374 e. The summed E-state index contributed by atoms with van der Waals surface area (Å²) in [5.41, 5.74) is 1.26. The quantitative estimate of drug-likeness (QED) is 0.0715. The Morgan fingerprint density at radius 1 is 0.790 bits per heavy atom. The summed E-state index contributed by atoms with van der Waals surface area (Å²) in [7, 11) is -18.0. The Balaban J connectivity index is 1.42. The van der Waals surface area contributed by atoms with Crippen molar-refractivity contribution >= 4 is 63.3 Å². The predicted molar refractivity (Wildman–Crippen MR) is 213 cm³/mol. The van der Waals surface area contributed by atoms with E-state index >= 15 is 0 Å². The number of rotatable bonds is 16. The summed E-state index contributed by atoms with van der Waals surface area (Å²) in [5.74, 6) is -1.09. The molecule has 3 aromatic rings. The topological polar surface area (TPSA) is 346 Å². The van der Waals surface area contributed by atoms with E-state index in [1.165, 1.54) is 45.9 Å². The summed E-state index contributed by atoms with van der Waals surface area (Å²) >= 11 is 0. The van der Waals surface area contributed by atoms with Crippen molar-refractivity contribution in [1.29, 1.82) is 0 Å². The van der Waals surface area contributed by atoms with Crippen molar-refractivity contribution in [2.75, 3.05) is 29.6 Å². The lowest BCUT2D eigenvalue weighted by Gasteiger charge is -2.38. The molecule has 1 saturated heterocycles. The first-order chi connectivity index (χ1) is 28.9. The fourth-order valence-electron chi connectivity index (χ4n) is 6.70. The zero-order chi connectivity index (χ0) is 45.4. The zero-order valence-electron chi connectivity index (χ0n) is 32.0. The summed E-state index contributed by atoms with van der Waals surface area (Å²) in [6.45, 7) is -0.630. The molecule has 0 bridgehead atoms. The summed E-state index contributed by atoms with van der Waals surface area (Å²) in [6.07, 6.45) is 0.495. The Bertz CT molecular complexity index is 2830. The van der Waals surface area contributed by atoms with E-state index in [0.717, 1.165) is 24.3 Å². The molecule has 1 fully saturated rings. The van der Waals surface area contributed by atoms with Crippen LogP contribution in [-0.4, -0.2) is 128 Å². The Morgan fingerprint density at radius 2 is 1.45 bits per heavy atom. The van der Waals surface area contributed by atoms with Gasteiger partial charge in [-0.3, -0.25) is 18.2 Å². The number of fused-ring (bicyclic) bond motifs is 2. The van der Waals surface area contributed by atoms with Crippen molar-refractivity contribution < 1.29 is 95.5 Å². The number of aromatic nitrogens is 1. The normalized spacial score (nSPS) is 23.8. The van der Waals surface area contributed by atoms with Crippen molar-refractivity contribution in [3.63, 3.8) is 0 Å². The van der Waals surface area contributed by atoms with Crippen LogP contribution in [0.25, 0.3) is 17.2 Å². The van der Waals surface area contributed by atoms with E-state index in [4.69, 9.17) is 18.6 Å². The molecule has 338 valence electrons. The number of benzene rings is 2. The van der Waals surface area contributed by atoms with E-state index < -0.39 is 99.1 Å². The van der Waals surface area contributed by atoms with Crippen LogP contribution in [0.15, 0.2) is 104 Å². The number of oxazole rings is 1. The fraction of sp³-hybridized carbons (Fsp3) is 0.361. The number of aryl methyl sites for hydroxylation is 1. The molecule has 6 rings (SSSR count). The van der Waals surface area contributed by atoms with Gasteiger partial charge in [-0.05, 0) is 54.8 Å². The molecule has 0 spiro atoms. The highest BCUT2D eigenvalue weighted by Gasteiger charge is 2.43. The highest BCUT2D eigenvalue weighted by atomic mass is 32.2. The SMILES string of the molecule is O=S(=O)(O)CCCN1/C(=C\C=C2\C=CCC(/C=C/c3oc4cc(S(=O)(=O)O)ccc4[n+]3CCCS(=O)(=O)O)=C2OCC2OC(O)C(O)C(O)C2O)Oc2cc(S(=O)(=O)O)ccc21. The molecule has 8 N–H and O–H groups in total. The van der Waals surface area contributed by atoms with Gasteiger partial charge in [0.2, 0.25) is 11.5 Å². The molecule has 0 radical (unpaired) electrons. The Morgan fingerprint density at radius 3 is 2.13 bits per heavy atom. The maximum atomic E-state index is 11.9. The first-order valence-electron chi connectivity index (χ1n) is 18.3. The van der Waals surface area contributed by atoms with E-state index in [9.17, 15) is 72.3 Å². The molecule has 5 atom stereocenters. The van der Waals surface area contributed by atoms with Crippen LogP contribution in [0.5, 0.6) is 5.75 Å². The Labute approximate surface area is 354 Å². The Hall–Kier alpha value is -4.55. The molecule has 26 heteroatoms. The Kier molecular flexibility index (Phi) is 13.8. The van der Waals surface area contributed by atoms with Gasteiger partial charge in [-0.1, -0.05) is 12.2 Å². The maximum Gasteiger partial charge on any atom is 0.374 e. The molecular formula is C36H41N2O20S4+. The van der Waals surface area contributed by atoms with Gasteiger partial charge in [0, 0.05) is 36.7 Å². The molecule has 1 aliphatic carbocycles. The number of hydrogen-bond donors (Lipinski definition) is 8. The van der Waals surface area contributed by atoms with E-state index in [1.54, 1.807) is 12.2 Å². The number of aliphatic hydroxyl groups is 4. The van der Waals surface area contributed by atoms with Crippen LogP contribution in [0.2, 0.25) is 0 Å². The molecule has 3 heterocycles. The molecule has 5 unspecified atom stereocenters. The third kappa shape index (κ3) is 11.3. The second-order valence-corrected chi connectivity index (χ2v) is 20.1. The third-order valence-electron chi connectivity index (χ3n) is 9.67. The molecule has 0 amide bonds. The van der Waals surface area contributed by atoms with Gasteiger partial charge in [-0.15, -0.1) is 0 Å². The van der Waals surface area contributed by atoms with Crippen molar-refractivity contribution in [2.45, 2.75) is 66.3 Å². The third-order valence-corrected chi connectivity index (χ3v) is 13.0. The molecule has 2 aromatic carbocycles. The van der Waals surface area contributed by atoms with Crippen molar-refractivity contribution in [1.82, 2.24) is 0 Å². The van der Waals surface area contributed by atoms with Gasteiger partial charge in [0.05, 0.1) is 33.1 Å². The van der Waals surface area contributed by atoms with E-state index in [0.29, 0.717) is 16.7 Å². The number of aliphatic hydroxyl groups excluding tert-OH is 4. The molecule has 0 saturated carbocycles. The number of hydrogen-bond acceptors (Lipinski definition) is 17.